The molecule has 0 saturated heterocycles. The number of halogens is 2. The molecule has 0 fully saturated rings. The Morgan fingerprint density at radius 1 is 1.09 bits per heavy atom. The lowest BCUT2D eigenvalue weighted by atomic mass is 10.1. The second-order valence-corrected chi connectivity index (χ2v) is 11.0. The van der Waals surface area contributed by atoms with Gasteiger partial charge in [-0.25, -0.2) is 8.42 Å². The summed E-state index contributed by atoms with van der Waals surface area (Å²) in [6.07, 6.45) is 1.02. The Morgan fingerprint density at radius 2 is 1.75 bits per heavy atom. The largest absolute Gasteiger partial charge is 0.352 e. The zero-order valence-electron chi connectivity index (χ0n) is 18.4. The summed E-state index contributed by atoms with van der Waals surface area (Å²) in [5.41, 5.74) is 1.07. The Balaban J connectivity index is 2.39. The van der Waals surface area contributed by atoms with E-state index in [9.17, 15) is 18.0 Å². The molecule has 0 aliphatic rings. The summed E-state index contributed by atoms with van der Waals surface area (Å²) in [4.78, 5) is 27.4. The van der Waals surface area contributed by atoms with Crippen LogP contribution in [0.25, 0.3) is 0 Å². The minimum absolute atomic E-state index is 0.105. The number of benzene rings is 2. The third-order valence-corrected chi connectivity index (χ3v) is 6.48. The summed E-state index contributed by atoms with van der Waals surface area (Å²) in [7, 11) is -3.79. The van der Waals surface area contributed by atoms with Crippen LogP contribution in [-0.4, -0.2) is 50.0 Å². The molecule has 1 N–H and O–H groups in total. The van der Waals surface area contributed by atoms with Crippen molar-refractivity contribution in [1.82, 2.24) is 10.2 Å². The van der Waals surface area contributed by atoms with E-state index in [1.165, 1.54) is 11.0 Å². The number of sulfonamides is 1. The van der Waals surface area contributed by atoms with E-state index in [0.29, 0.717) is 5.02 Å². The molecule has 32 heavy (non-hydrogen) atoms. The van der Waals surface area contributed by atoms with E-state index in [2.05, 4.69) is 21.2 Å². The second kappa shape index (κ2) is 11.2. The highest BCUT2D eigenvalue weighted by molar-refractivity contribution is 9.10. The van der Waals surface area contributed by atoms with Gasteiger partial charge in [0.2, 0.25) is 21.8 Å². The van der Waals surface area contributed by atoms with Crippen LogP contribution in [0.1, 0.15) is 26.3 Å². The van der Waals surface area contributed by atoms with Gasteiger partial charge in [0, 0.05) is 22.1 Å². The number of nitrogens with one attached hydrogen (secondary N) is 1. The third kappa shape index (κ3) is 7.50. The van der Waals surface area contributed by atoms with Crippen LogP contribution in [-0.2, 0) is 26.2 Å². The Labute approximate surface area is 202 Å². The first-order valence-electron chi connectivity index (χ1n) is 9.96. The van der Waals surface area contributed by atoms with Crippen molar-refractivity contribution in [2.45, 2.75) is 39.4 Å². The van der Waals surface area contributed by atoms with Gasteiger partial charge in [-0.3, -0.25) is 13.9 Å². The highest BCUT2D eigenvalue weighted by atomic mass is 79.9. The van der Waals surface area contributed by atoms with Gasteiger partial charge in [0.25, 0.3) is 0 Å². The Bertz CT molecular complexity index is 1080. The molecular weight excluding hydrogens is 518 g/mol. The maximum absolute atomic E-state index is 13.4. The number of rotatable bonds is 9. The number of anilines is 1. The van der Waals surface area contributed by atoms with Crippen molar-refractivity contribution in [3.63, 3.8) is 0 Å². The average molecular weight is 545 g/mol. The van der Waals surface area contributed by atoms with Crippen molar-refractivity contribution in [3.05, 3.63) is 63.6 Å². The van der Waals surface area contributed by atoms with Crippen molar-refractivity contribution < 1.29 is 18.0 Å². The molecule has 1 atom stereocenters. The first kappa shape index (κ1) is 26.2. The van der Waals surface area contributed by atoms with E-state index in [1.54, 1.807) is 25.1 Å². The van der Waals surface area contributed by atoms with E-state index < -0.39 is 28.5 Å². The molecule has 0 spiro atoms. The molecule has 0 unspecified atom stereocenters. The fraction of sp³-hybridized carbons (Fsp3) is 0.364. The zero-order valence-corrected chi connectivity index (χ0v) is 21.5. The number of hydrogen-bond donors (Lipinski definition) is 1. The van der Waals surface area contributed by atoms with Gasteiger partial charge in [0.1, 0.15) is 12.6 Å². The molecule has 2 aromatic rings. The molecule has 174 valence electrons. The highest BCUT2D eigenvalue weighted by Gasteiger charge is 2.30. The Hall–Kier alpha value is -2.10. The van der Waals surface area contributed by atoms with Crippen molar-refractivity contribution >= 4 is 55.1 Å². The molecule has 0 bridgehead atoms. The molecule has 0 aromatic heterocycles. The fourth-order valence-electron chi connectivity index (χ4n) is 3.06. The van der Waals surface area contributed by atoms with Crippen LogP contribution in [0.15, 0.2) is 53.0 Å². The van der Waals surface area contributed by atoms with Crippen molar-refractivity contribution in [2.24, 2.45) is 0 Å². The van der Waals surface area contributed by atoms with E-state index in [0.717, 1.165) is 20.6 Å². The Morgan fingerprint density at radius 3 is 2.31 bits per heavy atom. The minimum atomic E-state index is -3.79. The van der Waals surface area contributed by atoms with Crippen molar-refractivity contribution in [3.8, 4) is 0 Å². The monoisotopic (exact) mass is 543 g/mol. The number of carbonyl (C=O) groups excluding carboxylic acids is 2. The van der Waals surface area contributed by atoms with Gasteiger partial charge in [0.15, 0.2) is 0 Å². The standard InChI is InChI=1S/C22H27BrClN3O4S/c1-15(2)25-22(29)16(3)26(13-17-7-5-8-18(23)11-17)21(28)14-27(32(4,30)31)20-10-6-9-19(24)12-20/h5-12,15-16H,13-14H2,1-4H3,(H,25,29)/t16-/m1/s1. The van der Waals surface area contributed by atoms with Crippen LogP contribution in [0.2, 0.25) is 5.02 Å². The second-order valence-electron chi connectivity index (χ2n) is 7.74. The minimum Gasteiger partial charge on any atom is -0.352 e. The molecule has 2 aromatic carbocycles. The van der Waals surface area contributed by atoms with Crippen LogP contribution in [0.4, 0.5) is 5.69 Å². The van der Waals surface area contributed by atoms with Gasteiger partial charge in [-0.2, -0.15) is 0 Å². The first-order valence-corrected chi connectivity index (χ1v) is 13.0. The predicted octanol–water partition coefficient (Wildman–Crippen LogP) is 3.81. The SMILES string of the molecule is CC(C)NC(=O)[C@@H](C)N(Cc1cccc(Br)c1)C(=O)CN(c1cccc(Cl)c1)S(C)(=O)=O. The van der Waals surface area contributed by atoms with Crippen LogP contribution in [0, 0.1) is 0 Å². The van der Waals surface area contributed by atoms with Gasteiger partial charge < -0.3 is 10.2 Å². The van der Waals surface area contributed by atoms with Gasteiger partial charge >= 0.3 is 0 Å². The van der Waals surface area contributed by atoms with Gasteiger partial charge in [-0.1, -0.05) is 45.7 Å². The summed E-state index contributed by atoms with van der Waals surface area (Å²) in [5.74, 6) is -0.834. The molecule has 0 aliphatic carbocycles. The molecule has 0 saturated carbocycles. The highest BCUT2D eigenvalue weighted by Crippen LogP contribution is 2.23. The molecule has 2 amide bonds. The number of nitrogens with zero attached hydrogens (tertiary/aromatic N) is 2. The van der Waals surface area contributed by atoms with E-state index >= 15 is 0 Å². The quantitative estimate of drug-likeness (QED) is 0.520. The lowest BCUT2D eigenvalue weighted by molar-refractivity contribution is -0.139. The smallest absolute Gasteiger partial charge is 0.244 e. The van der Waals surface area contributed by atoms with E-state index in [4.69, 9.17) is 11.6 Å². The van der Waals surface area contributed by atoms with E-state index in [1.807, 2.05) is 38.1 Å². The average Bonchev–Trinajstić information content (AvgIpc) is 2.68. The third-order valence-electron chi connectivity index (χ3n) is 4.62. The van der Waals surface area contributed by atoms with Gasteiger partial charge in [-0.15, -0.1) is 0 Å². The Kier molecular flexibility index (Phi) is 9.12. The number of hydrogen-bond acceptors (Lipinski definition) is 4. The molecule has 2 rings (SSSR count). The predicted molar refractivity (Wildman–Crippen MR) is 131 cm³/mol. The van der Waals surface area contributed by atoms with Crippen LogP contribution < -0.4 is 9.62 Å². The summed E-state index contributed by atoms with van der Waals surface area (Å²) >= 11 is 9.44. The maximum Gasteiger partial charge on any atom is 0.244 e. The maximum atomic E-state index is 13.4. The summed E-state index contributed by atoms with van der Waals surface area (Å²) in [5, 5.41) is 3.15. The molecule has 10 heteroatoms. The number of carbonyl (C=O) groups is 2. The van der Waals surface area contributed by atoms with Gasteiger partial charge in [-0.05, 0) is 56.7 Å². The van der Waals surface area contributed by atoms with E-state index in [-0.39, 0.29) is 24.2 Å². The van der Waals surface area contributed by atoms with Crippen LogP contribution in [0.3, 0.4) is 0 Å². The molecular formula is C22H27BrClN3O4S. The van der Waals surface area contributed by atoms with Gasteiger partial charge in [0.05, 0.1) is 11.9 Å². The van der Waals surface area contributed by atoms with Crippen LogP contribution >= 0.6 is 27.5 Å². The first-order chi connectivity index (χ1) is 14.9. The number of amides is 2. The molecule has 0 aliphatic heterocycles. The van der Waals surface area contributed by atoms with Crippen LogP contribution in [0.5, 0.6) is 0 Å². The lowest BCUT2D eigenvalue weighted by Gasteiger charge is -2.32. The zero-order chi connectivity index (χ0) is 24.1. The fourth-order valence-corrected chi connectivity index (χ4v) is 4.54. The summed E-state index contributed by atoms with van der Waals surface area (Å²) < 4.78 is 26.8. The lowest BCUT2D eigenvalue weighted by Crippen LogP contribution is -2.52. The molecule has 0 radical (unpaired) electrons. The normalized spacial score (nSPS) is 12.3. The topological polar surface area (TPSA) is 86.8 Å². The molecule has 7 nitrogen and oxygen atoms in total. The summed E-state index contributed by atoms with van der Waals surface area (Å²) in [6.45, 7) is 4.95. The molecule has 0 heterocycles. The summed E-state index contributed by atoms with van der Waals surface area (Å²) in [6, 6.07) is 12.7. The van der Waals surface area contributed by atoms with Crippen molar-refractivity contribution in [1.29, 1.82) is 0 Å². The van der Waals surface area contributed by atoms with Crippen molar-refractivity contribution in [2.75, 3.05) is 17.1 Å².